The van der Waals surface area contributed by atoms with Crippen LogP contribution >= 0.6 is 11.6 Å². The number of hydrogen-bond donors (Lipinski definition) is 1. The fourth-order valence-electron chi connectivity index (χ4n) is 4.92. The molecule has 0 saturated carbocycles. The molecule has 0 unspecified atom stereocenters. The molecule has 3 aromatic rings. The summed E-state index contributed by atoms with van der Waals surface area (Å²) in [6, 6.07) is 22.1. The largest absolute Gasteiger partial charge is 0.390 e. The van der Waals surface area contributed by atoms with Crippen molar-refractivity contribution in [2.24, 2.45) is 0 Å². The highest BCUT2D eigenvalue weighted by molar-refractivity contribution is 6.30. The molecule has 0 spiro atoms. The number of piperazine rings is 1. The summed E-state index contributed by atoms with van der Waals surface area (Å²) in [5.41, 5.74) is 1.94. The van der Waals surface area contributed by atoms with Crippen LogP contribution in [0.3, 0.4) is 0 Å². The van der Waals surface area contributed by atoms with Gasteiger partial charge < -0.3 is 10.0 Å². The Hall–Kier alpha value is -2.44. The van der Waals surface area contributed by atoms with E-state index in [1.54, 1.807) is 29.2 Å². The fraction of sp³-hybridized carbons (Fsp3) is 0.346. The third-order valence-electron chi connectivity index (χ3n) is 6.73. The van der Waals surface area contributed by atoms with Gasteiger partial charge in [0.15, 0.2) is 0 Å². The zero-order valence-corrected chi connectivity index (χ0v) is 18.8. The quantitative estimate of drug-likeness (QED) is 0.662. The van der Waals surface area contributed by atoms with Gasteiger partial charge in [-0.25, -0.2) is 0 Å². The van der Waals surface area contributed by atoms with Gasteiger partial charge in [0.05, 0.1) is 12.1 Å². The molecule has 1 N–H and O–H groups in total. The standard InChI is InChI=1S/C26H28ClN3O2/c27-23-9-7-21(8-10-23)26(32)30-17-24(25(31)18-30)29-13-11-28(12-14-29)16-19-5-6-20-3-1-2-4-22(20)15-19/h1-10,15,24-25,31H,11-14,16-18H2/t24-,25-/m0/s1. The molecule has 0 bridgehead atoms. The minimum Gasteiger partial charge on any atom is -0.390 e. The minimum atomic E-state index is -0.515. The molecule has 0 aliphatic carbocycles. The van der Waals surface area contributed by atoms with Crippen LogP contribution in [0.4, 0.5) is 0 Å². The Labute approximate surface area is 193 Å². The molecule has 3 aromatic carbocycles. The maximum Gasteiger partial charge on any atom is 0.253 e. The van der Waals surface area contributed by atoms with Gasteiger partial charge in [0.25, 0.3) is 5.91 Å². The van der Waals surface area contributed by atoms with Crippen molar-refractivity contribution in [2.75, 3.05) is 39.3 Å². The van der Waals surface area contributed by atoms with Crippen molar-refractivity contribution in [3.63, 3.8) is 0 Å². The number of carbonyl (C=O) groups excluding carboxylic acids is 1. The maximum atomic E-state index is 12.8. The molecule has 5 nitrogen and oxygen atoms in total. The van der Waals surface area contributed by atoms with E-state index in [4.69, 9.17) is 11.6 Å². The number of likely N-dealkylation sites (tertiary alicyclic amines) is 1. The van der Waals surface area contributed by atoms with Crippen molar-refractivity contribution < 1.29 is 9.90 Å². The van der Waals surface area contributed by atoms with Crippen molar-refractivity contribution in [2.45, 2.75) is 18.7 Å². The van der Waals surface area contributed by atoms with Gasteiger partial charge in [-0.15, -0.1) is 0 Å². The number of halogens is 1. The Kier molecular flexibility index (Phi) is 6.15. The second-order valence-corrected chi connectivity index (χ2v) is 9.28. The van der Waals surface area contributed by atoms with Crippen molar-refractivity contribution in [3.05, 3.63) is 82.9 Å². The van der Waals surface area contributed by atoms with Crippen LogP contribution in [-0.2, 0) is 6.54 Å². The third kappa shape index (κ3) is 4.52. The van der Waals surface area contributed by atoms with Gasteiger partial charge >= 0.3 is 0 Å². The Morgan fingerprint density at radius 3 is 2.38 bits per heavy atom. The Bertz CT molecular complexity index is 1100. The molecule has 2 aliphatic rings. The van der Waals surface area contributed by atoms with E-state index in [1.807, 2.05) is 0 Å². The molecule has 0 aromatic heterocycles. The second kappa shape index (κ2) is 9.20. The van der Waals surface area contributed by atoms with Crippen LogP contribution < -0.4 is 0 Å². The molecule has 0 radical (unpaired) electrons. The summed E-state index contributed by atoms with van der Waals surface area (Å²) < 4.78 is 0. The Balaban J connectivity index is 1.16. The lowest BCUT2D eigenvalue weighted by Crippen LogP contribution is -2.53. The summed E-state index contributed by atoms with van der Waals surface area (Å²) in [5.74, 6) is -0.0434. The smallest absolute Gasteiger partial charge is 0.253 e. The first-order valence-corrected chi connectivity index (χ1v) is 11.6. The van der Waals surface area contributed by atoms with Crippen molar-refractivity contribution >= 4 is 28.3 Å². The lowest BCUT2D eigenvalue weighted by molar-refractivity contribution is 0.0423. The average molecular weight is 450 g/mol. The van der Waals surface area contributed by atoms with Crippen LogP contribution in [0.2, 0.25) is 5.02 Å². The number of nitrogens with zero attached hydrogens (tertiary/aromatic N) is 3. The summed E-state index contributed by atoms with van der Waals surface area (Å²) in [4.78, 5) is 19.4. The van der Waals surface area contributed by atoms with E-state index >= 15 is 0 Å². The molecule has 2 saturated heterocycles. The molecular formula is C26H28ClN3O2. The van der Waals surface area contributed by atoms with Crippen LogP contribution in [0, 0.1) is 0 Å². The topological polar surface area (TPSA) is 47.0 Å². The molecule has 1 amide bonds. The van der Waals surface area contributed by atoms with E-state index in [9.17, 15) is 9.90 Å². The minimum absolute atomic E-state index is 0.00549. The maximum absolute atomic E-state index is 12.8. The third-order valence-corrected chi connectivity index (χ3v) is 6.99. The van der Waals surface area contributed by atoms with Gasteiger partial charge in [0.2, 0.25) is 0 Å². The first kappa shape index (κ1) is 21.4. The van der Waals surface area contributed by atoms with Crippen LogP contribution in [0.1, 0.15) is 15.9 Å². The molecular weight excluding hydrogens is 422 g/mol. The Morgan fingerprint density at radius 2 is 1.62 bits per heavy atom. The monoisotopic (exact) mass is 449 g/mol. The number of rotatable bonds is 4. The highest BCUT2D eigenvalue weighted by Gasteiger charge is 2.38. The molecule has 2 heterocycles. The summed E-state index contributed by atoms with van der Waals surface area (Å²) in [5, 5.41) is 13.8. The first-order chi connectivity index (χ1) is 15.6. The van der Waals surface area contributed by atoms with Crippen molar-refractivity contribution in [1.29, 1.82) is 0 Å². The number of aliphatic hydroxyl groups excluding tert-OH is 1. The van der Waals surface area contributed by atoms with Crippen LogP contribution in [0.25, 0.3) is 10.8 Å². The first-order valence-electron chi connectivity index (χ1n) is 11.2. The van der Waals surface area contributed by atoms with Gasteiger partial charge in [-0.3, -0.25) is 14.6 Å². The molecule has 2 fully saturated rings. The van der Waals surface area contributed by atoms with Crippen LogP contribution in [0.5, 0.6) is 0 Å². The lowest BCUT2D eigenvalue weighted by Gasteiger charge is -2.38. The van der Waals surface area contributed by atoms with Gasteiger partial charge in [-0.1, -0.05) is 48.0 Å². The van der Waals surface area contributed by atoms with Gasteiger partial charge in [0.1, 0.15) is 0 Å². The number of benzene rings is 3. The highest BCUT2D eigenvalue weighted by Crippen LogP contribution is 2.22. The van der Waals surface area contributed by atoms with Gasteiger partial charge in [-0.05, 0) is 46.7 Å². The van der Waals surface area contributed by atoms with Gasteiger partial charge in [-0.2, -0.15) is 0 Å². The number of carbonyl (C=O) groups is 1. The number of hydrogen-bond acceptors (Lipinski definition) is 4. The predicted molar refractivity (Wildman–Crippen MR) is 128 cm³/mol. The van der Waals surface area contributed by atoms with Crippen molar-refractivity contribution in [3.8, 4) is 0 Å². The van der Waals surface area contributed by atoms with E-state index < -0.39 is 6.10 Å². The Morgan fingerprint density at radius 1 is 0.906 bits per heavy atom. The second-order valence-electron chi connectivity index (χ2n) is 8.85. The zero-order valence-electron chi connectivity index (χ0n) is 18.0. The number of β-amino-alcohol motifs (C(OH)–C–C–N with tert-alkyl or cyclic N) is 1. The van der Waals surface area contributed by atoms with Crippen LogP contribution in [-0.4, -0.2) is 77.1 Å². The van der Waals surface area contributed by atoms with E-state index in [2.05, 4.69) is 52.3 Å². The molecule has 32 heavy (non-hydrogen) atoms. The molecule has 6 heteroatoms. The number of amides is 1. The molecule has 166 valence electrons. The van der Waals surface area contributed by atoms with E-state index in [0.29, 0.717) is 23.7 Å². The van der Waals surface area contributed by atoms with Crippen LogP contribution in [0.15, 0.2) is 66.7 Å². The average Bonchev–Trinajstić information content (AvgIpc) is 3.21. The highest BCUT2D eigenvalue weighted by atomic mass is 35.5. The van der Waals surface area contributed by atoms with E-state index in [1.165, 1.54) is 16.3 Å². The van der Waals surface area contributed by atoms with E-state index in [0.717, 1.165) is 32.7 Å². The summed E-state index contributed by atoms with van der Waals surface area (Å²) in [6.07, 6.45) is -0.515. The SMILES string of the molecule is O=C(c1ccc(Cl)cc1)N1C[C@H](O)[C@@H](N2CCN(Cc3ccc4ccccc4c3)CC2)C1. The normalized spacial score (nSPS) is 22.5. The molecule has 2 atom stereocenters. The van der Waals surface area contributed by atoms with Crippen molar-refractivity contribution in [1.82, 2.24) is 14.7 Å². The predicted octanol–water partition coefficient (Wildman–Crippen LogP) is 3.50. The summed E-state index contributed by atoms with van der Waals surface area (Å²) in [6.45, 7) is 5.60. The van der Waals surface area contributed by atoms with Gasteiger partial charge in [0, 0.05) is 56.4 Å². The molecule has 5 rings (SSSR count). The fourth-order valence-corrected chi connectivity index (χ4v) is 5.04. The molecule has 2 aliphatic heterocycles. The number of aliphatic hydroxyl groups is 1. The zero-order chi connectivity index (χ0) is 22.1. The lowest BCUT2D eigenvalue weighted by atomic mass is 10.1. The van der Waals surface area contributed by atoms with E-state index in [-0.39, 0.29) is 11.9 Å². The summed E-state index contributed by atoms with van der Waals surface area (Å²) in [7, 11) is 0. The summed E-state index contributed by atoms with van der Waals surface area (Å²) >= 11 is 5.94. The number of fused-ring (bicyclic) bond motifs is 1.